The van der Waals surface area contributed by atoms with Gasteiger partial charge in [-0.1, -0.05) is 38.5 Å². The standard InChI is InChI=1S/C7H8.C2H6/c1-4-6-7(3)5-2;1-2/h2,4,6H,1H2,3H3;1-2H3/b7-6-;. The van der Waals surface area contributed by atoms with Crippen molar-refractivity contribution in [2.45, 2.75) is 20.8 Å². The number of terminal acetylenes is 1. The van der Waals surface area contributed by atoms with Crippen molar-refractivity contribution in [1.29, 1.82) is 0 Å². The molecule has 0 unspecified atom stereocenters. The van der Waals surface area contributed by atoms with E-state index in [1.54, 1.807) is 12.2 Å². The van der Waals surface area contributed by atoms with Gasteiger partial charge in [0, 0.05) is 0 Å². The minimum Gasteiger partial charge on any atom is -0.115 e. The van der Waals surface area contributed by atoms with E-state index in [0.717, 1.165) is 5.57 Å². The summed E-state index contributed by atoms with van der Waals surface area (Å²) in [7, 11) is 0. The molecule has 0 heterocycles. The average Bonchev–Trinajstić information content (AvgIpc) is 1.93. The zero-order valence-electron chi connectivity index (χ0n) is 6.44. The largest absolute Gasteiger partial charge is 0.115 e. The van der Waals surface area contributed by atoms with Crippen LogP contribution in [0.25, 0.3) is 0 Å². The summed E-state index contributed by atoms with van der Waals surface area (Å²) in [6.45, 7) is 9.34. The topological polar surface area (TPSA) is 0 Å². The zero-order valence-corrected chi connectivity index (χ0v) is 6.44. The van der Waals surface area contributed by atoms with Crippen LogP contribution in [0.5, 0.6) is 0 Å². The van der Waals surface area contributed by atoms with E-state index in [-0.39, 0.29) is 0 Å². The second-order valence-corrected chi connectivity index (χ2v) is 1.23. The molecule has 0 aromatic heterocycles. The molecule has 0 spiro atoms. The minimum absolute atomic E-state index is 0.912. The third kappa shape index (κ3) is 11.0. The van der Waals surface area contributed by atoms with Gasteiger partial charge in [0.25, 0.3) is 0 Å². The van der Waals surface area contributed by atoms with Crippen molar-refractivity contribution in [3.8, 4) is 12.3 Å². The van der Waals surface area contributed by atoms with Crippen LogP contribution in [0.2, 0.25) is 0 Å². The van der Waals surface area contributed by atoms with E-state index in [0.29, 0.717) is 0 Å². The molecule has 0 aromatic rings. The Morgan fingerprint density at radius 3 is 2.11 bits per heavy atom. The predicted molar refractivity (Wildman–Crippen MR) is 44.1 cm³/mol. The highest BCUT2D eigenvalue weighted by Crippen LogP contribution is 1.85. The molecule has 0 aliphatic heterocycles. The summed E-state index contributed by atoms with van der Waals surface area (Å²) < 4.78 is 0. The molecule has 0 aromatic carbocycles. The average molecular weight is 122 g/mol. The molecular formula is C9H14. The van der Waals surface area contributed by atoms with E-state index >= 15 is 0 Å². The maximum absolute atomic E-state index is 4.99. The lowest BCUT2D eigenvalue weighted by atomic mass is 10.3. The molecule has 50 valence electrons. The monoisotopic (exact) mass is 122 g/mol. The maximum Gasteiger partial charge on any atom is -0.00137 e. The molecule has 0 nitrogen and oxygen atoms in total. The van der Waals surface area contributed by atoms with Crippen molar-refractivity contribution in [2.24, 2.45) is 0 Å². The molecule has 9 heavy (non-hydrogen) atoms. The van der Waals surface area contributed by atoms with Crippen LogP contribution >= 0.6 is 0 Å². The molecule has 0 atom stereocenters. The third-order valence-electron chi connectivity index (χ3n) is 0.596. The Hall–Kier alpha value is -0.960. The van der Waals surface area contributed by atoms with E-state index in [4.69, 9.17) is 6.42 Å². The highest BCUT2D eigenvalue weighted by molar-refractivity contribution is 5.25. The molecule has 0 heteroatoms. The van der Waals surface area contributed by atoms with Crippen molar-refractivity contribution in [3.05, 3.63) is 24.3 Å². The van der Waals surface area contributed by atoms with Gasteiger partial charge in [-0.15, -0.1) is 6.42 Å². The van der Waals surface area contributed by atoms with Gasteiger partial charge in [-0.3, -0.25) is 0 Å². The van der Waals surface area contributed by atoms with Gasteiger partial charge < -0.3 is 0 Å². The van der Waals surface area contributed by atoms with Gasteiger partial charge in [-0.25, -0.2) is 0 Å². The highest BCUT2D eigenvalue weighted by atomic mass is 13.7. The number of hydrogen-bond acceptors (Lipinski definition) is 0. The molecule has 0 bridgehead atoms. The SMILES string of the molecule is C#C/C(C)=C\C=C.CC. The first-order valence-electron chi connectivity index (χ1n) is 3.07. The van der Waals surface area contributed by atoms with Crippen molar-refractivity contribution in [2.75, 3.05) is 0 Å². The molecule has 0 aliphatic carbocycles. The van der Waals surface area contributed by atoms with Gasteiger partial charge in [-0.05, 0) is 12.5 Å². The lowest BCUT2D eigenvalue weighted by molar-refractivity contribution is 1.50. The fraction of sp³-hybridized carbons (Fsp3) is 0.333. The second-order valence-electron chi connectivity index (χ2n) is 1.23. The molecule has 0 saturated carbocycles. The van der Waals surface area contributed by atoms with Gasteiger partial charge in [-0.2, -0.15) is 0 Å². The van der Waals surface area contributed by atoms with Crippen LogP contribution in [-0.4, -0.2) is 0 Å². The van der Waals surface area contributed by atoms with Gasteiger partial charge in [0.2, 0.25) is 0 Å². The van der Waals surface area contributed by atoms with Crippen molar-refractivity contribution >= 4 is 0 Å². The van der Waals surface area contributed by atoms with E-state index < -0.39 is 0 Å². The van der Waals surface area contributed by atoms with Crippen LogP contribution < -0.4 is 0 Å². The smallest absolute Gasteiger partial charge is 0.00137 e. The third-order valence-corrected chi connectivity index (χ3v) is 0.596. The summed E-state index contributed by atoms with van der Waals surface area (Å²) in [5.74, 6) is 2.46. The molecule has 0 saturated heterocycles. The summed E-state index contributed by atoms with van der Waals surface area (Å²) >= 11 is 0. The van der Waals surface area contributed by atoms with E-state index in [9.17, 15) is 0 Å². The Bertz CT molecular complexity index is 121. The fourth-order valence-electron chi connectivity index (χ4n) is 0.225. The normalized spacial score (nSPS) is 8.44. The van der Waals surface area contributed by atoms with Gasteiger partial charge >= 0.3 is 0 Å². The van der Waals surface area contributed by atoms with Crippen molar-refractivity contribution < 1.29 is 0 Å². The Morgan fingerprint density at radius 1 is 1.56 bits per heavy atom. The minimum atomic E-state index is 0.912. The highest BCUT2D eigenvalue weighted by Gasteiger charge is 1.69. The van der Waals surface area contributed by atoms with Crippen LogP contribution in [0.4, 0.5) is 0 Å². The van der Waals surface area contributed by atoms with E-state index in [2.05, 4.69) is 12.5 Å². The van der Waals surface area contributed by atoms with Gasteiger partial charge in [0.05, 0.1) is 0 Å². The lowest BCUT2D eigenvalue weighted by Gasteiger charge is -1.76. The Balaban J connectivity index is 0. The molecule has 0 radical (unpaired) electrons. The first-order valence-corrected chi connectivity index (χ1v) is 3.07. The van der Waals surface area contributed by atoms with E-state index in [1.165, 1.54) is 0 Å². The second kappa shape index (κ2) is 10.1. The molecule has 0 fully saturated rings. The summed E-state index contributed by atoms with van der Waals surface area (Å²) in [5, 5.41) is 0. The Kier molecular flexibility index (Phi) is 12.3. The number of hydrogen-bond donors (Lipinski definition) is 0. The summed E-state index contributed by atoms with van der Waals surface area (Å²) in [6, 6.07) is 0. The molecule has 0 amide bonds. The maximum atomic E-state index is 4.99. The van der Waals surface area contributed by atoms with Crippen LogP contribution in [0.3, 0.4) is 0 Å². The van der Waals surface area contributed by atoms with Crippen LogP contribution in [0.15, 0.2) is 24.3 Å². The van der Waals surface area contributed by atoms with Crippen LogP contribution in [-0.2, 0) is 0 Å². The molecule has 0 rings (SSSR count). The molecular weight excluding hydrogens is 108 g/mol. The Labute approximate surface area is 58.3 Å². The summed E-state index contributed by atoms with van der Waals surface area (Å²) in [4.78, 5) is 0. The first kappa shape index (κ1) is 10.9. The van der Waals surface area contributed by atoms with Gasteiger partial charge in [0.15, 0.2) is 0 Å². The van der Waals surface area contributed by atoms with Gasteiger partial charge in [0.1, 0.15) is 0 Å². The predicted octanol–water partition coefficient (Wildman–Crippen LogP) is 2.78. The molecule has 0 aliphatic rings. The quantitative estimate of drug-likeness (QED) is 0.370. The number of rotatable bonds is 1. The van der Waals surface area contributed by atoms with Crippen LogP contribution in [0.1, 0.15) is 20.8 Å². The zero-order chi connectivity index (χ0) is 7.70. The summed E-state index contributed by atoms with van der Waals surface area (Å²) in [5.41, 5.74) is 0.912. The lowest BCUT2D eigenvalue weighted by Crippen LogP contribution is -1.60. The van der Waals surface area contributed by atoms with Crippen LogP contribution in [0, 0.1) is 12.3 Å². The summed E-state index contributed by atoms with van der Waals surface area (Å²) in [6.07, 6.45) is 8.46. The van der Waals surface area contributed by atoms with Crippen molar-refractivity contribution in [3.63, 3.8) is 0 Å². The Morgan fingerprint density at radius 2 is 2.00 bits per heavy atom. The fourth-order valence-corrected chi connectivity index (χ4v) is 0.225. The first-order chi connectivity index (χ1) is 4.31. The molecule has 0 N–H and O–H groups in total. The van der Waals surface area contributed by atoms with E-state index in [1.807, 2.05) is 20.8 Å². The van der Waals surface area contributed by atoms with Crippen molar-refractivity contribution in [1.82, 2.24) is 0 Å². The number of allylic oxidation sites excluding steroid dienone is 3.